The molecule has 1 aromatic carbocycles. The second-order valence-corrected chi connectivity index (χ2v) is 4.26. The Morgan fingerprint density at radius 3 is 2.50 bits per heavy atom. The molecule has 0 saturated heterocycles. The Bertz CT molecular complexity index is 562. The maximum absolute atomic E-state index is 12.7. The van der Waals surface area contributed by atoms with Crippen molar-refractivity contribution >= 4 is 11.6 Å². The lowest BCUT2D eigenvalue weighted by Gasteiger charge is -2.20. The molecule has 1 aromatic rings. The van der Waals surface area contributed by atoms with Crippen LogP contribution in [0, 0.1) is 11.3 Å². The number of carbonyl (C=O) groups is 1. The summed E-state index contributed by atoms with van der Waals surface area (Å²) in [4.78, 5) is 11.5. The summed E-state index contributed by atoms with van der Waals surface area (Å²) in [6.45, 7) is 0.123. The first kappa shape index (κ1) is 15.9. The third-order valence-electron chi connectivity index (χ3n) is 2.50. The van der Waals surface area contributed by atoms with E-state index in [2.05, 4.69) is 0 Å². The largest absolute Gasteiger partial charge is 0.417 e. The first-order valence-electron chi connectivity index (χ1n) is 5.38. The maximum Gasteiger partial charge on any atom is 0.417 e. The minimum Gasteiger partial charge on any atom is -0.393 e. The predicted molar refractivity (Wildman–Crippen MR) is 62.5 cm³/mol. The summed E-state index contributed by atoms with van der Waals surface area (Å²) in [6, 6.07) is 3.99. The Hall–Kier alpha value is -2.11. The van der Waals surface area contributed by atoms with Gasteiger partial charge in [0, 0.05) is 5.69 Å². The van der Waals surface area contributed by atoms with E-state index in [-0.39, 0.29) is 5.69 Å². The van der Waals surface area contributed by atoms with Gasteiger partial charge in [0.05, 0.1) is 23.8 Å². The number of halogens is 3. The van der Waals surface area contributed by atoms with Crippen LogP contribution < -0.4 is 5.32 Å². The molecular formula is C12H11F3N2O3. The molecule has 0 aliphatic carbocycles. The molecule has 1 rings (SSSR count). The number of carbonyl (C=O) groups excluding carboxylic acids is 1. The number of anilines is 1. The number of amides is 1. The zero-order valence-electron chi connectivity index (χ0n) is 10.3. The van der Waals surface area contributed by atoms with Gasteiger partial charge in [0.1, 0.15) is 0 Å². The number of nitriles is 1. The fraction of sp³-hybridized carbons (Fsp3) is 0.333. The molecule has 108 valence electrons. The Morgan fingerprint density at radius 2 is 2.05 bits per heavy atom. The third kappa shape index (κ3) is 3.46. The van der Waals surface area contributed by atoms with Crippen molar-refractivity contribution in [1.82, 2.24) is 0 Å². The van der Waals surface area contributed by atoms with Crippen LogP contribution in [0.5, 0.6) is 0 Å². The van der Waals surface area contributed by atoms with Gasteiger partial charge in [-0.2, -0.15) is 18.4 Å². The van der Waals surface area contributed by atoms with Gasteiger partial charge in [-0.05, 0) is 25.1 Å². The monoisotopic (exact) mass is 288 g/mol. The fourth-order valence-electron chi connectivity index (χ4n) is 1.29. The number of rotatable bonds is 3. The number of alkyl halides is 3. The summed E-state index contributed by atoms with van der Waals surface area (Å²) < 4.78 is 38.1. The van der Waals surface area contributed by atoms with Crippen molar-refractivity contribution < 1.29 is 28.2 Å². The number of nitrogens with one attached hydrogen (secondary N) is 1. The van der Waals surface area contributed by atoms with Crippen molar-refractivity contribution in [3.63, 3.8) is 0 Å². The van der Waals surface area contributed by atoms with E-state index in [4.69, 9.17) is 10.4 Å². The van der Waals surface area contributed by atoms with Gasteiger partial charge >= 0.3 is 6.18 Å². The molecule has 0 saturated carbocycles. The molecular weight excluding hydrogens is 277 g/mol. The highest BCUT2D eigenvalue weighted by molar-refractivity contribution is 5.97. The van der Waals surface area contributed by atoms with E-state index < -0.39 is 35.4 Å². The summed E-state index contributed by atoms with van der Waals surface area (Å²) in [5.41, 5.74) is -4.13. The summed E-state index contributed by atoms with van der Waals surface area (Å²) >= 11 is 0. The quantitative estimate of drug-likeness (QED) is 0.780. The Balaban J connectivity index is 3.12. The highest BCUT2D eigenvalue weighted by atomic mass is 19.4. The summed E-state index contributed by atoms with van der Waals surface area (Å²) in [5, 5.41) is 28.9. The molecule has 3 N–H and O–H groups in total. The van der Waals surface area contributed by atoms with Crippen LogP contribution in [0.4, 0.5) is 18.9 Å². The lowest BCUT2D eigenvalue weighted by atomic mass is 10.1. The van der Waals surface area contributed by atoms with Gasteiger partial charge in [-0.3, -0.25) is 4.79 Å². The summed E-state index contributed by atoms with van der Waals surface area (Å²) in [6.07, 6.45) is -4.74. The average molecular weight is 288 g/mol. The summed E-state index contributed by atoms with van der Waals surface area (Å²) in [7, 11) is 0. The third-order valence-corrected chi connectivity index (χ3v) is 2.50. The molecule has 0 radical (unpaired) electrons. The van der Waals surface area contributed by atoms with Crippen molar-refractivity contribution in [2.45, 2.75) is 18.7 Å². The number of nitrogens with zero attached hydrogens (tertiary/aromatic N) is 1. The molecule has 0 bridgehead atoms. The Labute approximate surface area is 112 Å². The van der Waals surface area contributed by atoms with Crippen LogP contribution in [0.1, 0.15) is 18.1 Å². The van der Waals surface area contributed by atoms with Crippen molar-refractivity contribution in [2.24, 2.45) is 0 Å². The minimum atomic E-state index is -4.74. The number of aliphatic hydroxyl groups excluding tert-OH is 1. The van der Waals surface area contributed by atoms with Gasteiger partial charge in [-0.15, -0.1) is 0 Å². The van der Waals surface area contributed by atoms with Crippen LogP contribution in [0.3, 0.4) is 0 Å². The second-order valence-electron chi connectivity index (χ2n) is 4.26. The van der Waals surface area contributed by atoms with Gasteiger partial charge < -0.3 is 15.5 Å². The van der Waals surface area contributed by atoms with Crippen LogP contribution in [0.2, 0.25) is 0 Å². The highest BCUT2D eigenvalue weighted by Crippen LogP contribution is 2.33. The zero-order chi connectivity index (χ0) is 15.6. The van der Waals surface area contributed by atoms with E-state index in [1.807, 2.05) is 5.32 Å². The van der Waals surface area contributed by atoms with E-state index in [0.29, 0.717) is 6.07 Å². The van der Waals surface area contributed by atoms with E-state index in [0.717, 1.165) is 19.1 Å². The smallest absolute Gasteiger partial charge is 0.393 e. The van der Waals surface area contributed by atoms with Gasteiger partial charge in [0.25, 0.3) is 5.91 Å². The lowest BCUT2D eigenvalue weighted by Crippen LogP contribution is -2.43. The topological polar surface area (TPSA) is 93.3 Å². The Kier molecular flexibility index (Phi) is 4.37. The molecule has 0 heterocycles. The Morgan fingerprint density at radius 1 is 1.45 bits per heavy atom. The van der Waals surface area contributed by atoms with Gasteiger partial charge in [-0.25, -0.2) is 0 Å². The number of hydrogen-bond acceptors (Lipinski definition) is 4. The average Bonchev–Trinajstić information content (AvgIpc) is 2.37. The number of hydrogen-bond donors (Lipinski definition) is 3. The van der Waals surface area contributed by atoms with E-state index in [1.165, 1.54) is 6.07 Å². The van der Waals surface area contributed by atoms with Gasteiger partial charge in [-0.1, -0.05) is 0 Å². The molecule has 0 unspecified atom stereocenters. The van der Waals surface area contributed by atoms with Gasteiger partial charge in [0.15, 0.2) is 5.60 Å². The normalized spacial score (nSPS) is 14.2. The molecule has 0 fully saturated rings. The molecule has 0 aliphatic rings. The molecule has 0 aromatic heterocycles. The fourth-order valence-corrected chi connectivity index (χ4v) is 1.29. The predicted octanol–water partition coefficient (Wildman–Crippen LogP) is 1.26. The maximum atomic E-state index is 12.7. The van der Waals surface area contributed by atoms with Crippen LogP contribution in [0.25, 0.3) is 0 Å². The molecule has 1 atom stereocenters. The van der Waals surface area contributed by atoms with Crippen molar-refractivity contribution in [2.75, 3.05) is 11.9 Å². The van der Waals surface area contributed by atoms with E-state index >= 15 is 0 Å². The van der Waals surface area contributed by atoms with Crippen molar-refractivity contribution in [1.29, 1.82) is 5.26 Å². The van der Waals surface area contributed by atoms with Crippen LogP contribution in [0.15, 0.2) is 18.2 Å². The number of aliphatic hydroxyl groups is 2. The van der Waals surface area contributed by atoms with Crippen LogP contribution >= 0.6 is 0 Å². The van der Waals surface area contributed by atoms with E-state index in [9.17, 15) is 23.1 Å². The van der Waals surface area contributed by atoms with Crippen molar-refractivity contribution in [3.8, 4) is 6.07 Å². The van der Waals surface area contributed by atoms with Crippen LogP contribution in [-0.2, 0) is 11.0 Å². The van der Waals surface area contributed by atoms with Gasteiger partial charge in [0.2, 0.25) is 0 Å². The molecule has 5 nitrogen and oxygen atoms in total. The SMILES string of the molecule is C[C@](O)(CO)C(=O)Nc1ccc(C#N)c(C(F)(F)F)c1. The zero-order valence-corrected chi connectivity index (χ0v) is 10.3. The highest BCUT2D eigenvalue weighted by Gasteiger charge is 2.35. The first-order valence-corrected chi connectivity index (χ1v) is 5.38. The van der Waals surface area contributed by atoms with Crippen LogP contribution in [-0.4, -0.2) is 28.3 Å². The number of benzene rings is 1. The first-order chi connectivity index (χ1) is 9.11. The summed E-state index contributed by atoms with van der Waals surface area (Å²) in [5.74, 6) is -1.06. The molecule has 0 aliphatic heterocycles. The molecule has 20 heavy (non-hydrogen) atoms. The minimum absolute atomic E-state index is 0.241. The molecule has 8 heteroatoms. The standard InChI is InChI=1S/C12H11F3N2O3/c1-11(20,6-18)10(19)17-8-3-2-7(5-16)9(4-8)12(13,14)15/h2-4,18,20H,6H2,1H3,(H,17,19)/t11-/m0/s1. The van der Waals surface area contributed by atoms with Crippen molar-refractivity contribution in [3.05, 3.63) is 29.3 Å². The lowest BCUT2D eigenvalue weighted by molar-refractivity contribution is -0.138. The second kappa shape index (κ2) is 5.48. The molecule has 1 amide bonds. The van der Waals surface area contributed by atoms with E-state index in [1.54, 1.807) is 0 Å². The molecule has 0 spiro atoms.